The summed E-state index contributed by atoms with van der Waals surface area (Å²) in [6.07, 6.45) is 2.83. The molecule has 0 aliphatic carbocycles. The molecule has 0 aromatic carbocycles. The number of nitrogens with one attached hydrogen (secondary N) is 1. The van der Waals surface area contributed by atoms with Gasteiger partial charge in [-0.2, -0.15) is 0 Å². The zero-order valence-electron chi connectivity index (χ0n) is 4.74. The molecule has 8 heavy (non-hydrogen) atoms. The van der Waals surface area contributed by atoms with Gasteiger partial charge in [0.05, 0.1) is 0 Å². The van der Waals surface area contributed by atoms with Crippen molar-refractivity contribution in [2.45, 2.75) is 6.92 Å². The lowest BCUT2D eigenvalue weighted by molar-refractivity contribution is 1.54. The topological polar surface area (TPSA) is 23.9 Å². The summed E-state index contributed by atoms with van der Waals surface area (Å²) in [6.45, 7) is 5.30. The molecule has 0 aliphatic heterocycles. The Morgan fingerprint density at radius 3 is 2.38 bits per heavy atom. The van der Waals surface area contributed by atoms with Crippen LogP contribution in [0.5, 0.6) is 0 Å². The van der Waals surface area contributed by atoms with Crippen LogP contribution in [0.2, 0.25) is 0 Å². The second kappa shape index (κ2) is 3.44. The molecule has 0 radical (unpaired) electrons. The average molecular weight is 130 g/mol. The quantitative estimate of drug-likeness (QED) is 0.437. The molecule has 0 saturated carbocycles. The van der Waals surface area contributed by atoms with Crippen LogP contribution < -0.4 is 0 Å². The maximum Gasteiger partial charge on any atom is 0.0444 e. The van der Waals surface area contributed by atoms with E-state index in [-0.39, 0.29) is 0 Å². The van der Waals surface area contributed by atoms with Crippen molar-refractivity contribution in [1.29, 1.82) is 5.41 Å². The van der Waals surface area contributed by atoms with E-state index in [0.29, 0.717) is 10.6 Å². The summed E-state index contributed by atoms with van der Waals surface area (Å²) in [4.78, 5) is 0. The number of hydrogen-bond acceptors (Lipinski definition) is 1. The molecule has 0 aromatic rings. The Bertz CT molecular complexity index is 135. The first-order valence-corrected chi connectivity index (χ1v) is 2.61. The van der Waals surface area contributed by atoms with Crippen molar-refractivity contribution >= 4 is 17.8 Å². The highest BCUT2D eigenvalue weighted by atomic mass is 35.5. The molecule has 0 amide bonds. The SMILES string of the molecule is C=C(C=N)/C(Cl)=C\C. The molecule has 0 rings (SSSR count). The Kier molecular flexibility index (Phi) is 3.20. The summed E-state index contributed by atoms with van der Waals surface area (Å²) in [7, 11) is 0. The van der Waals surface area contributed by atoms with Gasteiger partial charge >= 0.3 is 0 Å². The van der Waals surface area contributed by atoms with Crippen LogP contribution in [-0.4, -0.2) is 6.21 Å². The van der Waals surface area contributed by atoms with Gasteiger partial charge in [0.2, 0.25) is 0 Å². The van der Waals surface area contributed by atoms with Gasteiger partial charge in [-0.25, -0.2) is 0 Å². The molecule has 0 aliphatic rings. The summed E-state index contributed by atoms with van der Waals surface area (Å²) in [5, 5.41) is 7.23. The van der Waals surface area contributed by atoms with Crippen LogP contribution in [0.4, 0.5) is 0 Å². The molecule has 1 nitrogen and oxygen atoms in total. The van der Waals surface area contributed by atoms with Crippen LogP contribution in [0.25, 0.3) is 0 Å². The normalized spacial score (nSPS) is 11.0. The Balaban J connectivity index is 4.03. The summed E-state index contributed by atoms with van der Waals surface area (Å²) in [5.41, 5.74) is 0.550. The van der Waals surface area contributed by atoms with E-state index in [1.807, 2.05) is 0 Å². The van der Waals surface area contributed by atoms with E-state index in [9.17, 15) is 0 Å². The van der Waals surface area contributed by atoms with Crippen molar-refractivity contribution < 1.29 is 0 Å². The molecule has 1 N–H and O–H groups in total. The fraction of sp³-hybridized carbons (Fsp3) is 0.167. The van der Waals surface area contributed by atoms with Crippen molar-refractivity contribution in [3.63, 3.8) is 0 Å². The molecule has 0 unspecified atom stereocenters. The second-order valence-electron chi connectivity index (χ2n) is 1.31. The molecule has 0 heterocycles. The molecule has 0 fully saturated rings. The van der Waals surface area contributed by atoms with Gasteiger partial charge in [0, 0.05) is 16.8 Å². The lowest BCUT2D eigenvalue weighted by Gasteiger charge is -1.89. The van der Waals surface area contributed by atoms with E-state index >= 15 is 0 Å². The zero-order valence-corrected chi connectivity index (χ0v) is 5.50. The van der Waals surface area contributed by atoms with E-state index in [1.54, 1.807) is 13.0 Å². The van der Waals surface area contributed by atoms with E-state index in [4.69, 9.17) is 17.0 Å². The second-order valence-corrected chi connectivity index (χ2v) is 1.71. The molecule has 0 aromatic heterocycles. The predicted octanol–water partition coefficient (Wildman–Crippen LogP) is 2.33. The first-order valence-electron chi connectivity index (χ1n) is 2.24. The maximum absolute atomic E-state index is 6.69. The number of halogens is 1. The Labute approximate surface area is 54.2 Å². The lowest BCUT2D eigenvalue weighted by atomic mass is 10.3. The standard InChI is InChI=1S/C6H8ClN/c1-3-6(7)5(2)4-8/h3-4,8H,2H2,1H3/b6-3+,8-4?. The van der Waals surface area contributed by atoms with Gasteiger partial charge in [-0.15, -0.1) is 0 Å². The van der Waals surface area contributed by atoms with E-state index in [1.165, 1.54) is 0 Å². The molecule has 0 atom stereocenters. The minimum atomic E-state index is 0.542. The first-order chi connectivity index (χ1) is 3.72. The third-order valence-electron chi connectivity index (χ3n) is 0.734. The van der Waals surface area contributed by atoms with Gasteiger partial charge in [0.25, 0.3) is 0 Å². The van der Waals surface area contributed by atoms with Crippen molar-refractivity contribution in [3.05, 3.63) is 23.3 Å². The van der Waals surface area contributed by atoms with E-state index < -0.39 is 0 Å². The number of rotatable bonds is 2. The van der Waals surface area contributed by atoms with E-state index in [2.05, 4.69) is 6.58 Å². The van der Waals surface area contributed by atoms with E-state index in [0.717, 1.165) is 6.21 Å². The van der Waals surface area contributed by atoms with Gasteiger partial charge in [-0.3, -0.25) is 0 Å². The van der Waals surface area contributed by atoms with Gasteiger partial charge in [0.1, 0.15) is 0 Å². The van der Waals surface area contributed by atoms with Crippen LogP contribution in [0.15, 0.2) is 23.3 Å². The van der Waals surface area contributed by atoms with Crippen LogP contribution in [0, 0.1) is 5.41 Å². The number of hydrogen-bond donors (Lipinski definition) is 1. The van der Waals surface area contributed by atoms with Gasteiger partial charge in [-0.1, -0.05) is 24.3 Å². The van der Waals surface area contributed by atoms with Crippen molar-refractivity contribution in [3.8, 4) is 0 Å². The predicted molar refractivity (Wildman–Crippen MR) is 37.5 cm³/mol. The minimum absolute atomic E-state index is 0.542. The van der Waals surface area contributed by atoms with Gasteiger partial charge < -0.3 is 5.41 Å². The summed E-state index contributed by atoms with van der Waals surface area (Å²) in [6, 6.07) is 0. The average Bonchev–Trinajstić information content (AvgIpc) is 1.84. The monoisotopic (exact) mass is 129 g/mol. The Hall–Kier alpha value is -0.560. The highest BCUT2D eigenvalue weighted by molar-refractivity contribution is 6.34. The van der Waals surface area contributed by atoms with Crippen molar-refractivity contribution in [2.24, 2.45) is 0 Å². The summed E-state index contributed by atoms with van der Waals surface area (Å²) < 4.78 is 0. The smallest absolute Gasteiger partial charge is 0.0444 e. The number of allylic oxidation sites excluding steroid dienone is 3. The van der Waals surface area contributed by atoms with Gasteiger partial charge in [-0.05, 0) is 6.92 Å². The highest BCUT2D eigenvalue weighted by Crippen LogP contribution is 2.08. The molecule has 0 saturated heterocycles. The summed E-state index contributed by atoms with van der Waals surface area (Å²) in [5.74, 6) is 0. The van der Waals surface area contributed by atoms with Gasteiger partial charge in [0.15, 0.2) is 0 Å². The Morgan fingerprint density at radius 1 is 1.75 bits per heavy atom. The Morgan fingerprint density at radius 2 is 2.25 bits per heavy atom. The molecular formula is C6H8ClN. The fourth-order valence-electron chi connectivity index (χ4n) is 0.254. The molecule has 0 bridgehead atoms. The molecule has 44 valence electrons. The van der Waals surface area contributed by atoms with Crippen molar-refractivity contribution in [1.82, 2.24) is 0 Å². The fourth-order valence-corrected chi connectivity index (χ4v) is 0.309. The van der Waals surface area contributed by atoms with Crippen molar-refractivity contribution in [2.75, 3.05) is 0 Å². The first kappa shape index (κ1) is 7.44. The summed E-state index contributed by atoms with van der Waals surface area (Å²) >= 11 is 5.53. The minimum Gasteiger partial charge on any atom is -0.308 e. The molecule has 0 spiro atoms. The highest BCUT2D eigenvalue weighted by Gasteiger charge is 1.89. The zero-order chi connectivity index (χ0) is 6.57. The third kappa shape index (κ3) is 1.94. The third-order valence-corrected chi connectivity index (χ3v) is 1.20. The van der Waals surface area contributed by atoms with Crippen LogP contribution in [0.1, 0.15) is 6.92 Å². The lowest BCUT2D eigenvalue weighted by Crippen LogP contribution is -1.77. The molecular weight excluding hydrogens is 122 g/mol. The molecule has 2 heteroatoms. The van der Waals surface area contributed by atoms with Crippen LogP contribution in [-0.2, 0) is 0 Å². The van der Waals surface area contributed by atoms with Crippen LogP contribution in [0.3, 0.4) is 0 Å². The maximum atomic E-state index is 6.69. The van der Waals surface area contributed by atoms with Crippen LogP contribution >= 0.6 is 11.6 Å². The largest absolute Gasteiger partial charge is 0.308 e.